The number of allylic oxidation sites excluding steroid dienone is 11. The predicted molar refractivity (Wildman–Crippen MR) is 140 cm³/mol. The Bertz CT molecular complexity index is 840. The van der Waals surface area contributed by atoms with Gasteiger partial charge in [0.15, 0.2) is 0 Å². The molecular formula is C30H42O. The average molecular weight is 419 g/mol. The number of hydrogen-bond donors (Lipinski definition) is 0. The van der Waals surface area contributed by atoms with Gasteiger partial charge in [-0.1, -0.05) is 108 Å². The minimum atomic E-state index is 0.391. The molecule has 1 rings (SSSR count). The molecule has 0 unspecified atom stereocenters. The molecule has 1 nitrogen and oxygen atoms in total. The molecule has 0 saturated carbocycles. The highest BCUT2D eigenvalue weighted by atomic mass is 16.1. The van der Waals surface area contributed by atoms with Gasteiger partial charge < -0.3 is 0 Å². The summed E-state index contributed by atoms with van der Waals surface area (Å²) in [6.07, 6.45) is 13.4. The Hall–Kier alpha value is -2.67. The first-order valence-corrected chi connectivity index (χ1v) is 11.4. The van der Waals surface area contributed by atoms with E-state index in [0.717, 1.165) is 40.6 Å². The van der Waals surface area contributed by atoms with Gasteiger partial charge in [0, 0.05) is 5.57 Å². The van der Waals surface area contributed by atoms with E-state index in [2.05, 4.69) is 72.4 Å². The number of hydrogen-bond acceptors (Lipinski definition) is 1. The van der Waals surface area contributed by atoms with Gasteiger partial charge >= 0.3 is 0 Å². The summed E-state index contributed by atoms with van der Waals surface area (Å²) in [6.45, 7) is 21.1. The van der Waals surface area contributed by atoms with Crippen LogP contribution in [0.2, 0.25) is 0 Å². The maximum absolute atomic E-state index is 11.7. The summed E-state index contributed by atoms with van der Waals surface area (Å²) in [5, 5.41) is 0. The van der Waals surface area contributed by atoms with E-state index in [4.69, 9.17) is 0 Å². The maximum Gasteiger partial charge on any atom is 0.150 e. The van der Waals surface area contributed by atoms with E-state index in [-0.39, 0.29) is 0 Å². The number of carbonyl (C=O) groups is 1. The van der Waals surface area contributed by atoms with Crippen LogP contribution in [-0.4, -0.2) is 6.29 Å². The van der Waals surface area contributed by atoms with Crippen LogP contribution >= 0.6 is 0 Å². The first-order valence-electron chi connectivity index (χ1n) is 11.4. The molecule has 1 aromatic rings. The number of rotatable bonds is 9. The van der Waals surface area contributed by atoms with Crippen molar-refractivity contribution in [1.29, 1.82) is 0 Å². The summed E-state index contributed by atoms with van der Waals surface area (Å²) in [6, 6.07) is 10.3. The molecule has 0 N–H and O–H groups in total. The van der Waals surface area contributed by atoms with Crippen LogP contribution in [0.25, 0.3) is 5.57 Å². The molecule has 0 saturated heterocycles. The third-order valence-electron chi connectivity index (χ3n) is 4.74. The summed E-state index contributed by atoms with van der Waals surface area (Å²) in [7, 11) is 0. The van der Waals surface area contributed by atoms with E-state index in [1.165, 1.54) is 12.0 Å². The first kappa shape index (κ1) is 28.3. The minimum absolute atomic E-state index is 0.391. The second-order valence-corrected chi connectivity index (χ2v) is 8.00. The van der Waals surface area contributed by atoms with Crippen molar-refractivity contribution in [2.45, 2.75) is 68.2 Å². The van der Waals surface area contributed by atoms with E-state index in [9.17, 15) is 4.79 Å². The summed E-state index contributed by atoms with van der Waals surface area (Å²) >= 11 is 0. The van der Waals surface area contributed by atoms with Crippen molar-refractivity contribution in [2.75, 3.05) is 0 Å². The van der Waals surface area contributed by atoms with E-state index in [1.54, 1.807) is 0 Å². The van der Waals surface area contributed by atoms with Gasteiger partial charge in [-0.05, 0) is 67.0 Å². The fraction of sp³-hybridized carbons (Fsp3) is 0.367. The Morgan fingerprint density at radius 2 is 1.61 bits per heavy atom. The van der Waals surface area contributed by atoms with Gasteiger partial charge in [-0.2, -0.15) is 0 Å². The Morgan fingerprint density at radius 3 is 2.06 bits per heavy atom. The van der Waals surface area contributed by atoms with Gasteiger partial charge in [0.2, 0.25) is 0 Å². The highest BCUT2D eigenvalue weighted by Gasteiger charge is 2.11. The molecule has 0 amide bonds. The lowest BCUT2D eigenvalue weighted by Crippen LogP contribution is -1.98. The quantitative estimate of drug-likeness (QED) is 0.222. The molecular weight excluding hydrogens is 376 g/mol. The molecule has 1 aromatic carbocycles. The molecule has 0 heterocycles. The number of benzene rings is 1. The average Bonchev–Trinajstić information content (AvgIpc) is 2.76. The Labute approximate surface area is 191 Å². The molecule has 0 radical (unpaired) electrons. The SMILES string of the molecule is C=C(/C(C)=C(C=O)/C=C\C(C)C)C(/C=C(/C=C\C)c1ccccc1)=C(/C)CC.CCC. The van der Waals surface area contributed by atoms with Crippen LogP contribution in [0.3, 0.4) is 0 Å². The summed E-state index contributed by atoms with van der Waals surface area (Å²) in [5.74, 6) is 0.391. The predicted octanol–water partition coefficient (Wildman–Crippen LogP) is 9.07. The molecule has 31 heavy (non-hydrogen) atoms. The largest absolute Gasteiger partial charge is 0.298 e. The lowest BCUT2D eigenvalue weighted by atomic mass is 9.89. The van der Waals surface area contributed by atoms with E-state index in [0.29, 0.717) is 11.5 Å². The van der Waals surface area contributed by atoms with Crippen LogP contribution in [0.4, 0.5) is 0 Å². The highest BCUT2D eigenvalue weighted by molar-refractivity contribution is 5.83. The highest BCUT2D eigenvalue weighted by Crippen LogP contribution is 2.29. The maximum atomic E-state index is 11.7. The lowest BCUT2D eigenvalue weighted by molar-refractivity contribution is -0.104. The van der Waals surface area contributed by atoms with Gasteiger partial charge in [0.05, 0.1) is 0 Å². The summed E-state index contributed by atoms with van der Waals surface area (Å²) in [4.78, 5) is 11.7. The van der Waals surface area contributed by atoms with Crippen LogP contribution in [0, 0.1) is 5.92 Å². The fourth-order valence-corrected chi connectivity index (χ4v) is 2.78. The number of aldehydes is 1. The summed E-state index contributed by atoms with van der Waals surface area (Å²) in [5.41, 5.74) is 7.12. The summed E-state index contributed by atoms with van der Waals surface area (Å²) < 4.78 is 0. The molecule has 0 aliphatic carbocycles. The molecule has 0 bridgehead atoms. The van der Waals surface area contributed by atoms with Crippen molar-refractivity contribution >= 4 is 11.9 Å². The van der Waals surface area contributed by atoms with Crippen molar-refractivity contribution in [3.05, 3.63) is 101 Å². The molecule has 0 fully saturated rings. The zero-order chi connectivity index (χ0) is 23.8. The standard InChI is InChI=1S/C27H34O.C3H8/c1-8-13-25(24-14-11-10-12-15-24)18-27(21(5)9-2)23(7)22(6)26(19-28)17-16-20(3)4;1-3-2/h8,10-20H,7,9H2,1-6H3;3H2,1-2H3/b13-8-,17-16-,25-18-,26-22-,27-21-;. The number of carbonyl (C=O) groups excluding carboxylic acids is 1. The second-order valence-electron chi connectivity index (χ2n) is 8.00. The van der Waals surface area contributed by atoms with Crippen molar-refractivity contribution < 1.29 is 4.79 Å². The van der Waals surface area contributed by atoms with Crippen molar-refractivity contribution in [1.82, 2.24) is 0 Å². The van der Waals surface area contributed by atoms with Crippen LogP contribution in [0.5, 0.6) is 0 Å². The Balaban J connectivity index is 0.00000282. The fourth-order valence-electron chi connectivity index (χ4n) is 2.78. The zero-order valence-electron chi connectivity index (χ0n) is 21.0. The topological polar surface area (TPSA) is 17.1 Å². The molecule has 0 aliphatic heterocycles. The third kappa shape index (κ3) is 10.3. The van der Waals surface area contributed by atoms with Crippen molar-refractivity contribution in [3.63, 3.8) is 0 Å². The normalized spacial score (nSPS) is 13.6. The van der Waals surface area contributed by atoms with Crippen molar-refractivity contribution in [3.8, 4) is 0 Å². The molecule has 0 aromatic heterocycles. The van der Waals surface area contributed by atoms with Gasteiger partial charge in [-0.15, -0.1) is 0 Å². The van der Waals surface area contributed by atoms with Gasteiger partial charge in [0.25, 0.3) is 0 Å². The molecule has 0 spiro atoms. The Morgan fingerprint density at radius 1 is 1.03 bits per heavy atom. The monoisotopic (exact) mass is 418 g/mol. The van der Waals surface area contributed by atoms with Gasteiger partial charge in [0.1, 0.15) is 6.29 Å². The van der Waals surface area contributed by atoms with E-state index >= 15 is 0 Å². The minimum Gasteiger partial charge on any atom is -0.298 e. The second kappa shape index (κ2) is 16.1. The molecule has 1 heteroatoms. The Kier molecular flexibility index (Phi) is 14.7. The van der Waals surface area contributed by atoms with Crippen LogP contribution in [0.15, 0.2) is 95.2 Å². The molecule has 168 valence electrons. The molecule has 0 atom stereocenters. The third-order valence-corrected chi connectivity index (χ3v) is 4.74. The van der Waals surface area contributed by atoms with Crippen molar-refractivity contribution in [2.24, 2.45) is 5.92 Å². The van der Waals surface area contributed by atoms with Gasteiger partial charge in [-0.25, -0.2) is 0 Å². The smallest absolute Gasteiger partial charge is 0.150 e. The lowest BCUT2D eigenvalue weighted by Gasteiger charge is -2.15. The van der Waals surface area contributed by atoms with Crippen LogP contribution in [0.1, 0.15) is 73.8 Å². The van der Waals surface area contributed by atoms with Gasteiger partial charge in [-0.3, -0.25) is 4.79 Å². The zero-order valence-corrected chi connectivity index (χ0v) is 21.0. The van der Waals surface area contributed by atoms with Crippen LogP contribution < -0.4 is 0 Å². The van der Waals surface area contributed by atoms with Crippen LogP contribution in [-0.2, 0) is 4.79 Å². The van der Waals surface area contributed by atoms with E-state index < -0.39 is 0 Å². The van der Waals surface area contributed by atoms with E-state index in [1.807, 2.05) is 50.3 Å². The first-order chi connectivity index (χ1) is 14.8. The molecule has 0 aliphatic rings.